The number of sulfone groups is 1. The minimum Gasteiger partial charge on any atom is -0.356 e. The largest absolute Gasteiger partial charge is 0.356 e. The topological polar surface area (TPSA) is 83.5 Å². The highest BCUT2D eigenvalue weighted by Gasteiger charge is 2.32. The van der Waals surface area contributed by atoms with E-state index in [0.717, 1.165) is 25.9 Å². The van der Waals surface area contributed by atoms with Gasteiger partial charge in [-0.15, -0.1) is 0 Å². The number of hydrogen-bond donors (Lipinski definition) is 0. The number of anilines is 1. The van der Waals surface area contributed by atoms with Gasteiger partial charge in [0.1, 0.15) is 17.3 Å². The van der Waals surface area contributed by atoms with Gasteiger partial charge in [-0.1, -0.05) is 6.92 Å². The van der Waals surface area contributed by atoms with Gasteiger partial charge < -0.3 is 9.80 Å². The van der Waals surface area contributed by atoms with Crippen molar-refractivity contribution in [2.24, 2.45) is 5.92 Å². The summed E-state index contributed by atoms with van der Waals surface area (Å²) in [5.41, 5.74) is 0.393. The number of nitrogens with zero attached hydrogens (tertiary/aromatic N) is 4. The molecule has 0 bridgehead atoms. The van der Waals surface area contributed by atoms with Gasteiger partial charge in [-0.25, -0.2) is 18.4 Å². The van der Waals surface area contributed by atoms with Crippen LogP contribution in [0.4, 0.5) is 5.82 Å². The van der Waals surface area contributed by atoms with Crippen molar-refractivity contribution in [3.8, 4) is 0 Å². The predicted octanol–water partition coefficient (Wildman–Crippen LogP) is 1.28. The smallest absolute Gasteiger partial charge is 0.272 e. The molecule has 1 atom stereocenters. The van der Waals surface area contributed by atoms with Crippen LogP contribution in [0.3, 0.4) is 0 Å². The molecular formula is C17H26N4O3S. The third kappa shape index (κ3) is 4.11. The van der Waals surface area contributed by atoms with Gasteiger partial charge in [0.05, 0.1) is 11.5 Å². The lowest BCUT2D eigenvalue weighted by molar-refractivity contribution is 0.0691. The molecule has 1 aromatic heterocycles. The second-order valence-corrected chi connectivity index (χ2v) is 9.53. The molecule has 0 N–H and O–H groups in total. The van der Waals surface area contributed by atoms with Crippen LogP contribution in [0.25, 0.3) is 0 Å². The van der Waals surface area contributed by atoms with Crippen molar-refractivity contribution in [1.82, 2.24) is 14.9 Å². The maximum atomic E-state index is 12.8. The predicted molar refractivity (Wildman–Crippen MR) is 96.5 cm³/mol. The zero-order valence-corrected chi connectivity index (χ0v) is 15.9. The lowest BCUT2D eigenvalue weighted by atomic mass is 9.99. The van der Waals surface area contributed by atoms with Crippen molar-refractivity contribution in [3.05, 3.63) is 17.6 Å². The van der Waals surface area contributed by atoms with Gasteiger partial charge in [0.15, 0.2) is 9.84 Å². The van der Waals surface area contributed by atoms with E-state index in [1.54, 1.807) is 13.0 Å². The number of aryl methyl sites for hydroxylation is 1. The van der Waals surface area contributed by atoms with E-state index in [1.165, 1.54) is 0 Å². The van der Waals surface area contributed by atoms with Gasteiger partial charge in [-0.3, -0.25) is 4.79 Å². The Bertz CT molecular complexity index is 757. The summed E-state index contributed by atoms with van der Waals surface area (Å²) in [4.78, 5) is 25.2. The molecule has 0 radical (unpaired) electrons. The Hall–Kier alpha value is -1.70. The molecule has 1 unspecified atom stereocenters. The SMILES string of the molecule is Cc1nc(C(=O)N2CCC(C)CC2)cc(N(C)C2CCS(=O)(=O)C2)n1. The zero-order chi connectivity index (χ0) is 18.2. The van der Waals surface area contributed by atoms with Crippen LogP contribution < -0.4 is 4.90 Å². The molecule has 138 valence electrons. The minimum atomic E-state index is -2.97. The van der Waals surface area contributed by atoms with E-state index in [-0.39, 0.29) is 23.5 Å². The second kappa shape index (κ2) is 6.90. The summed E-state index contributed by atoms with van der Waals surface area (Å²) >= 11 is 0. The number of amides is 1. The van der Waals surface area contributed by atoms with E-state index in [1.807, 2.05) is 16.8 Å². The monoisotopic (exact) mass is 366 g/mol. The molecule has 25 heavy (non-hydrogen) atoms. The van der Waals surface area contributed by atoms with E-state index in [0.29, 0.717) is 29.7 Å². The van der Waals surface area contributed by atoms with Crippen LogP contribution in [-0.2, 0) is 9.84 Å². The third-order valence-corrected chi connectivity index (χ3v) is 6.98. The second-order valence-electron chi connectivity index (χ2n) is 7.30. The molecule has 2 aliphatic heterocycles. The highest BCUT2D eigenvalue weighted by Crippen LogP contribution is 2.23. The first-order valence-electron chi connectivity index (χ1n) is 8.83. The number of hydrogen-bond acceptors (Lipinski definition) is 6. The summed E-state index contributed by atoms with van der Waals surface area (Å²) in [5.74, 6) is 2.08. The molecule has 3 heterocycles. The van der Waals surface area contributed by atoms with Gasteiger partial charge in [0, 0.05) is 32.2 Å². The van der Waals surface area contributed by atoms with Crippen LogP contribution in [0, 0.1) is 12.8 Å². The van der Waals surface area contributed by atoms with Crippen molar-refractivity contribution in [2.45, 2.75) is 39.2 Å². The summed E-state index contributed by atoms with van der Waals surface area (Å²) in [6.07, 6.45) is 2.63. The Morgan fingerprint density at radius 2 is 1.92 bits per heavy atom. The van der Waals surface area contributed by atoms with Gasteiger partial charge in [-0.05, 0) is 32.1 Å². The molecule has 0 saturated carbocycles. The van der Waals surface area contributed by atoms with E-state index >= 15 is 0 Å². The molecule has 2 aliphatic rings. The van der Waals surface area contributed by atoms with Crippen molar-refractivity contribution in [1.29, 1.82) is 0 Å². The summed E-state index contributed by atoms with van der Waals surface area (Å²) in [7, 11) is -1.13. The number of carbonyl (C=O) groups excluding carboxylic acids is 1. The lowest BCUT2D eigenvalue weighted by Crippen LogP contribution is -2.39. The molecule has 0 aliphatic carbocycles. The van der Waals surface area contributed by atoms with Crippen LogP contribution >= 0.6 is 0 Å². The third-order valence-electron chi connectivity index (χ3n) is 5.23. The number of aromatic nitrogens is 2. The summed E-state index contributed by atoms with van der Waals surface area (Å²) in [5, 5.41) is 0. The van der Waals surface area contributed by atoms with E-state index in [4.69, 9.17) is 0 Å². The van der Waals surface area contributed by atoms with Crippen LogP contribution in [0.1, 0.15) is 42.5 Å². The molecule has 1 amide bonds. The zero-order valence-electron chi connectivity index (χ0n) is 15.1. The summed E-state index contributed by atoms with van der Waals surface area (Å²) in [6, 6.07) is 1.59. The standard InChI is InChI=1S/C17H26N4O3S/c1-12-4-7-21(8-5-12)17(22)15-10-16(19-13(2)18-15)20(3)14-6-9-25(23,24)11-14/h10,12,14H,4-9,11H2,1-3H3. The fourth-order valence-electron chi connectivity index (χ4n) is 3.48. The van der Waals surface area contributed by atoms with Crippen molar-refractivity contribution in [2.75, 3.05) is 36.5 Å². The average molecular weight is 366 g/mol. The first-order valence-corrected chi connectivity index (χ1v) is 10.7. The molecular weight excluding hydrogens is 340 g/mol. The first kappa shape index (κ1) is 18.1. The van der Waals surface area contributed by atoms with Crippen LogP contribution in [0.2, 0.25) is 0 Å². The van der Waals surface area contributed by atoms with Gasteiger partial charge in [0.2, 0.25) is 0 Å². The van der Waals surface area contributed by atoms with Gasteiger partial charge >= 0.3 is 0 Å². The summed E-state index contributed by atoms with van der Waals surface area (Å²) in [6.45, 7) is 5.49. The Kier molecular flexibility index (Phi) is 4.99. The Morgan fingerprint density at radius 3 is 2.52 bits per heavy atom. The van der Waals surface area contributed by atoms with Crippen LogP contribution in [0.15, 0.2) is 6.07 Å². The number of carbonyl (C=O) groups is 1. The normalized spacial score (nSPS) is 23.6. The number of likely N-dealkylation sites (tertiary alicyclic amines) is 1. The van der Waals surface area contributed by atoms with Crippen molar-refractivity contribution < 1.29 is 13.2 Å². The quantitative estimate of drug-likeness (QED) is 0.801. The van der Waals surface area contributed by atoms with Gasteiger partial charge in [0.25, 0.3) is 5.91 Å². The highest BCUT2D eigenvalue weighted by atomic mass is 32.2. The van der Waals surface area contributed by atoms with Crippen LogP contribution in [0.5, 0.6) is 0 Å². The molecule has 0 spiro atoms. The Balaban J connectivity index is 1.79. The summed E-state index contributed by atoms with van der Waals surface area (Å²) < 4.78 is 23.5. The Morgan fingerprint density at radius 1 is 1.24 bits per heavy atom. The number of piperidine rings is 1. The van der Waals surface area contributed by atoms with Crippen molar-refractivity contribution in [3.63, 3.8) is 0 Å². The van der Waals surface area contributed by atoms with Gasteiger partial charge in [-0.2, -0.15) is 0 Å². The Labute approximate surface area is 149 Å². The molecule has 2 fully saturated rings. The van der Waals surface area contributed by atoms with E-state index in [2.05, 4.69) is 16.9 Å². The lowest BCUT2D eigenvalue weighted by Gasteiger charge is -2.30. The molecule has 7 nitrogen and oxygen atoms in total. The molecule has 3 rings (SSSR count). The number of rotatable bonds is 3. The highest BCUT2D eigenvalue weighted by molar-refractivity contribution is 7.91. The molecule has 8 heteroatoms. The fourth-order valence-corrected chi connectivity index (χ4v) is 5.26. The van der Waals surface area contributed by atoms with E-state index in [9.17, 15) is 13.2 Å². The molecule has 1 aromatic rings. The minimum absolute atomic E-state index is 0.0638. The average Bonchev–Trinajstić information content (AvgIpc) is 2.93. The molecule has 2 saturated heterocycles. The first-order chi connectivity index (χ1) is 11.7. The molecule has 0 aromatic carbocycles. The van der Waals surface area contributed by atoms with Crippen LogP contribution in [-0.4, -0.2) is 66.9 Å². The maximum Gasteiger partial charge on any atom is 0.272 e. The maximum absolute atomic E-state index is 12.8. The van der Waals surface area contributed by atoms with Crippen molar-refractivity contribution >= 4 is 21.6 Å². The van der Waals surface area contributed by atoms with E-state index < -0.39 is 9.84 Å². The fraction of sp³-hybridized carbons (Fsp3) is 0.706.